The molecular weight excluding hydrogens is 396 g/mol. The second-order valence-corrected chi connectivity index (χ2v) is 9.55. The average Bonchev–Trinajstić information content (AvgIpc) is 3.34. The van der Waals surface area contributed by atoms with Gasteiger partial charge in [-0.05, 0) is 24.3 Å². The third kappa shape index (κ3) is 3.32. The molecule has 136 valence electrons. The maximum atomic E-state index is 12.6. The van der Waals surface area contributed by atoms with Crippen molar-refractivity contribution in [3.63, 3.8) is 0 Å². The molecule has 0 saturated carbocycles. The molecule has 11 heteroatoms. The molecule has 8 nitrogen and oxygen atoms in total. The van der Waals surface area contributed by atoms with E-state index in [1.165, 1.54) is 4.31 Å². The minimum Gasteiger partial charge on any atom is -0.352 e. The SMILES string of the molecule is O=S(=O)(c1ccc(Cl)s1)N1CCN(c2ccc(-n3ccnc3)nn2)CC1. The molecule has 26 heavy (non-hydrogen) atoms. The first kappa shape index (κ1) is 17.4. The summed E-state index contributed by atoms with van der Waals surface area (Å²) in [6.45, 7) is 1.89. The number of halogens is 1. The lowest BCUT2D eigenvalue weighted by molar-refractivity contribution is 0.384. The molecule has 0 aromatic carbocycles. The molecule has 0 atom stereocenters. The number of aromatic nitrogens is 4. The number of anilines is 1. The van der Waals surface area contributed by atoms with Gasteiger partial charge >= 0.3 is 0 Å². The molecule has 3 aromatic rings. The average molecular weight is 411 g/mol. The number of thiophene rings is 1. The van der Waals surface area contributed by atoms with Gasteiger partial charge in [-0.3, -0.25) is 4.57 Å². The van der Waals surface area contributed by atoms with Gasteiger partial charge in [0, 0.05) is 38.6 Å². The molecule has 4 rings (SSSR count). The van der Waals surface area contributed by atoms with Gasteiger partial charge in [0.05, 0.1) is 4.34 Å². The number of nitrogens with zero attached hydrogens (tertiary/aromatic N) is 6. The highest BCUT2D eigenvalue weighted by Crippen LogP contribution is 2.29. The Kier molecular flexibility index (Phi) is 4.65. The Morgan fingerprint density at radius 1 is 1.00 bits per heavy atom. The smallest absolute Gasteiger partial charge is 0.252 e. The van der Waals surface area contributed by atoms with Crippen LogP contribution in [0.25, 0.3) is 5.82 Å². The minimum atomic E-state index is -3.49. The van der Waals surface area contributed by atoms with Crippen LogP contribution in [0.4, 0.5) is 5.82 Å². The summed E-state index contributed by atoms with van der Waals surface area (Å²) in [5.74, 6) is 1.41. The Hall–Kier alpha value is -2.01. The lowest BCUT2D eigenvalue weighted by Crippen LogP contribution is -2.48. The zero-order valence-electron chi connectivity index (χ0n) is 13.6. The fourth-order valence-electron chi connectivity index (χ4n) is 2.74. The molecule has 4 heterocycles. The molecule has 1 aliphatic rings. The second kappa shape index (κ2) is 6.95. The lowest BCUT2D eigenvalue weighted by atomic mass is 10.3. The molecule has 1 aliphatic heterocycles. The van der Waals surface area contributed by atoms with Gasteiger partial charge in [0.25, 0.3) is 10.0 Å². The number of piperazine rings is 1. The first-order chi connectivity index (χ1) is 12.5. The van der Waals surface area contributed by atoms with Gasteiger partial charge in [-0.15, -0.1) is 21.5 Å². The predicted molar refractivity (Wildman–Crippen MR) is 99.5 cm³/mol. The van der Waals surface area contributed by atoms with Gasteiger partial charge in [0.2, 0.25) is 0 Å². The maximum absolute atomic E-state index is 12.6. The molecule has 1 fully saturated rings. The molecule has 0 radical (unpaired) electrons. The van der Waals surface area contributed by atoms with Crippen LogP contribution >= 0.6 is 22.9 Å². The van der Waals surface area contributed by atoms with Crippen LogP contribution in [0.2, 0.25) is 4.34 Å². The Balaban J connectivity index is 1.43. The highest BCUT2D eigenvalue weighted by atomic mass is 35.5. The summed E-state index contributed by atoms with van der Waals surface area (Å²) in [6.07, 6.45) is 5.13. The quantitative estimate of drug-likeness (QED) is 0.653. The Morgan fingerprint density at radius 2 is 1.73 bits per heavy atom. The van der Waals surface area contributed by atoms with Crippen LogP contribution in [0.3, 0.4) is 0 Å². The zero-order valence-corrected chi connectivity index (χ0v) is 16.0. The van der Waals surface area contributed by atoms with Crippen LogP contribution < -0.4 is 4.90 Å². The molecule has 0 bridgehead atoms. The van der Waals surface area contributed by atoms with Crippen LogP contribution in [0.5, 0.6) is 0 Å². The van der Waals surface area contributed by atoms with E-state index in [0.717, 1.165) is 17.2 Å². The lowest BCUT2D eigenvalue weighted by Gasteiger charge is -2.34. The fourth-order valence-corrected chi connectivity index (χ4v) is 5.80. The van der Waals surface area contributed by atoms with Gasteiger partial charge in [-0.1, -0.05) is 11.6 Å². The largest absolute Gasteiger partial charge is 0.352 e. The second-order valence-electron chi connectivity index (χ2n) is 5.67. The molecule has 0 aliphatic carbocycles. The highest BCUT2D eigenvalue weighted by molar-refractivity contribution is 7.91. The van der Waals surface area contributed by atoms with Gasteiger partial charge in [-0.2, -0.15) is 4.31 Å². The summed E-state index contributed by atoms with van der Waals surface area (Å²) >= 11 is 6.94. The van der Waals surface area contributed by atoms with E-state index in [2.05, 4.69) is 15.2 Å². The molecule has 0 unspecified atom stereocenters. The minimum absolute atomic E-state index is 0.278. The van der Waals surface area contributed by atoms with E-state index in [-0.39, 0.29) is 4.21 Å². The normalized spacial score (nSPS) is 16.1. The van der Waals surface area contributed by atoms with Crippen LogP contribution in [-0.2, 0) is 10.0 Å². The van der Waals surface area contributed by atoms with E-state index >= 15 is 0 Å². The van der Waals surface area contributed by atoms with Gasteiger partial charge in [0.15, 0.2) is 11.6 Å². The molecule has 0 spiro atoms. The van der Waals surface area contributed by atoms with E-state index in [4.69, 9.17) is 11.6 Å². The van der Waals surface area contributed by atoms with Gasteiger partial charge in [-0.25, -0.2) is 13.4 Å². The number of hydrogen-bond donors (Lipinski definition) is 0. The van der Waals surface area contributed by atoms with Crippen molar-refractivity contribution in [2.45, 2.75) is 4.21 Å². The van der Waals surface area contributed by atoms with Crippen LogP contribution in [-0.4, -0.2) is 58.7 Å². The van der Waals surface area contributed by atoms with E-state index in [9.17, 15) is 8.42 Å². The van der Waals surface area contributed by atoms with E-state index < -0.39 is 10.0 Å². The van der Waals surface area contributed by atoms with Crippen molar-refractivity contribution < 1.29 is 8.42 Å². The molecule has 0 amide bonds. The van der Waals surface area contributed by atoms with Gasteiger partial charge in [0.1, 0.15) is 10.5 Å². The summed E-state index contributed by atoms with van der Waals surface area (Å²) in [5.41, 5.74) is 0. The zero-order chi connectivity index (χ0) is 18.1. The van der Waals surface area contributed by atoms with Crippen molar-refractivity contribution in [1.29, 1.82) is 0 Å². The Labute approximate surface area is 159 Å². The number of imidazole rings is 1. The van der Waals surface area contributed by atoms with Crippen LogP contribution in [0, 0.1) is 0 Å². The predicted octanol–water partition coefficient (Wildman–Crippen LogP) is 1.89. The number of sulfonamides is 1. The molecular formula is C15H15ClN6O2S2. The van der Waals surface area contributed by atoms with Crippen molar-refractivity contribution in [2.24, 2.45) is 0 Å². The third-order valence-corrected chi connectivity index (χ3v) is 7.71. The highest BCUT2D eigenvalue weighted by Gasteiger charge is 2.30. The van der Waals surface area contributed by atoms with Crippen molar-refractivity contribution in [1.82, 2.24) is 24.1 Å². The van der Waals surface area contributed by atoms with Crippen molar-refractivity contribution >= 4 is 38.8 Å². The molecule has 0 N–H and O–H groups in total. The Morgan fingerprint density at radius 3 is 2.31 bits per heavy atom. The van der Waals surface area contributed by atoms with E-state index in [1.54, 1.807) is 35.4 Å². The van der Waals surface area contributed by atoms with Crippen molar-refractivity contribution in [2.75, 3.05) is 31.1 Å². The summed E-state index contributed by atoms with van der Waals surface area (Å²) in [4.78, 5) is 6.01. The molecule has 1 saturated heterocycles. The van der Waals surface area contributed by atoms with E-state index in [1.807, 2.05) is 17.0 Å². The first-order valence-corrected chi connectivity index (χ1v) is 10.5. The number of hydrogen-bond acceptors (Lipinski definition) is 7. The topological polar surface area (TPSA) is 84.2 Å². The summed E-state index contributed by atoms with van der Waals surface area (Å²) < 4.78 is 29.3. The standard InChI is InChI=1S/C15H15ClN6O2S2/c16-12-1-4-15(25-12)26(23,24)22-9-7-20(8-10-22)13-2-3-14(19-18-13)21-6-5-17-11-21/h1-6,11H,7-10H2. The summed E-state index contributed by atoms with van der Waals surface area (Å²) in [5, 5.41) is 8.45. The fraction of sp³-hybridized carbons (Fsp3) is 0.267. The molecule has 3 aromatic heterocycles. The van der Waals surface area contributed by atoms with E-state index in [0.29, 0.717) is 36.3 Å². The third-order valence-electron chi connectivity index (χ3n) is 4.11. The summed E-state index contributed by atoms with van der Waals surface area (Å²) in [6, 6.07) is 6.90. The van der Waals surface area contributed by atoms with Gasteiger partial charge < -0.3 is 4.90 Å². The van der Waals surface area contributed by atoms with Crippen molar-refractivity contribution in [3.8, 4) is 5.82 Å². The summed E-state index contributed by atoms with van der Waals surface area (Å²) in [7, 11) is -3.49. The monoisotopic (exact) mass is 410 g/mol. The maximum Gasteiger partial charge on any atom is 0.252 e. The van der Waals surface area contributed by atoms with Crippen molar-refractivity contribution in [3.05, 3.63) is 47.3 Å². The van der Waals surface area contributed by atoms with Crippen LogP contribution in [0.1, 0.15) is 0 Å². The first-order valence-electron chi connectivity index (χ1n) is 7.86. The Bertz CT molecular complexity index is 980. The van der Waals surface area contributed by atoms with Crippen LogP contribution in [0.15, 0.2) is 47.2 Å². The number of rotatable bonds is 4.